The highest BCUT2D eigenvalue weighted by atomic mass is 19.1. The molecule has 0 fully saturated rings. The summed E-state index contributed by atoms with van der Waals surface area (Å²) in [5.41, 5.74) is 6.59. The molecule has 16 heavy (non-hydrogen) atoms. The van der Waals surface area contributed by atoms with Crippen LogP contribution in [0.5, 0.6) is 0 Å². The number of benzene rings is 1. The molecule has 1 heterocycles. The van der Waals surface area contributed by atoms with Gasteiger partial charge < -0.3 is 5.73 Å². The van der Waals surface area contributed by atoms with Crippen LogP contribution in [-0.4, -0.2) is 4.98 Å². The maximum absolute atomic E-state index is 13.6. The Balaban J connectivity index is 2.65. The van der Waals surface area contributed by atoms with Crippen molar-refractivity contribution in [3.63, 3.8) is 0 Å². The fourth-order valence-corrected chi connectivity index (χ4v) is 1.47. The smallest absolute Gasteiger partial charge is 0.133 e. The minimum absolute atomic E-state index is 0.0844. The van der Waals surface area contributed by atoms with Crippen LogP contribution in [0.1, 0.15) is 5.56 Å². The number of aromatic nitrogens is 1. The fourth-order valence-electron chi connectivity index (χ4n) is 1.47. The highest BCUT2D eigenvalue weighted by molar-refractivity contribution is 5.72. The summed E-state index contributed by atoms with van der Waals surface area (Å²) in [4.78, 5) is 3.95. The average molecular weight is 220 g/mol. The number of nitrogen functional groups attached to an aromatic ring is 1. The van der Waals surface area contributed by atoms with Crippen LogP contribution < -0.4 is 5.73 Å². The summed E-state index contributed by atoms with van der Waals surface area (Å²) in [7, 11) is 0. The van der Waals surface area contributed by atoms with Gasteiger partial charge in [0, 0.05) is 11.8 Å². The van der Waals surface area contributed by atoms with E-state index in [1.807, 2.05) is 0 Å². The van der Waals surface area contributed by atoms with E-state index in [4.69, 9.17) is 5.73 Å². The third-order valence-corrected chi connectivity index (χ3v) is 2.34. The van der Waals surface area contributed by atoms with E-state index in [1.165, 1.54) is 13.1 Å². The third kappa shape index (κ3) is 1.74. The van der Waals surface area contributed by atoms with E-state index in [9.17, 15) is 8.78 Å². The number of halogens is 2. The Morgan fingerprint density at radius 1 is 1.19 bits per heavy atom. The molecule has 82 valence electrons. The lowest BCUT2D eigenvalue weighted by molar-refractivity contribution is 0.595. The zero-order chi connectivity index (χ0) is 11.7. The monoisotopic (exact) mass is 220 g/mol. The summed E-state index contributed by atoms with van der Waals surface area (Å²) in [6.45, 7) is 1.50. The van der Waals surface area contributed by atoms with Crippen LogP contribution in [0.25, 0.3) is 11.3 Å². The van der Waals surface area contributed by atoms with Gasteiger partial charge >= 0.3 is 0 Å². The largest absolute Gasteiger partial charge is 0.397 e. The molecule has 0 unspecified atom stereocenters. The molecule has 0 radical (unpaired) electrons. The molecule has 1 aromatic heterocycles. The van der Waals surface area contributed by atoms with Gasteiger partial charge in [-0.2, -0.15) is 0 Å². The summed E-state index contributed by atoms with van der Waals surface area (Å²) in [6, 6.07) is 5.49. The van der Waals surface area contributed by atoms with Crippen LogP contribution >= 0.6 is 0 Å². The van der Waals surface area contributed by atoms with Crippen LogP contribution in [0.15, 0.2) is 30.5 Å². The van der Waals surface area contributed by atoms with E-state index < -0.39 is 11.6 Å². The number of pyridine rings is 1. The molecule has 0 saturated heterocycles. The van der Waals surface area contributed by atoms with Crippen molar-refractivity contribution in [3.8, 4) is 11.3 Å². The second kappa shape index (κ2) is 3.89. The standard InChI is InChI=1S/C12H10F2N2/c1-7-5-10(14)8(6-9(7)13)12-11(15)3-2-4-16-12/h2-6H,15H2,1H3. The molecule has 0 amide bonds. The summed E-state index contributed by atoms with van der Waals surface area (Å²) >= 11 is 0. The minimum Gasteiger partial charge on any atom is -0.397 e. The van der Waals surface area contributed by atoms with Gasteiger partial charge in [0.05, 0.1) is 11.4 Å². The number of hydrogen-bond acceptors (Lipinski definition) is 2. The van der Waals surface area contributed by atoms with Crippen molar-refractivity contribution in [2.75, 3.05) is 5.73 Å². The molecule has 0 aliphatic carbocycles. The quantitative estimate of drug-likeness (QED) is 0.802. The Kier molecular flexibility index (Phi) is 2.56. The fraction of sp³-hybridized carbons (Fsp3) is 0.0833. The molecule has 0 bridgehead atoms. The molecule has 0 atom stereocenters. The number of rotatable bonds is 1. The summed E-state index contributed by atoms with van der Waals surface area (Å²) in [5, 5.41) is 0. The van der Waals surface area contributed by atoms with Gasteiger partial charge in [0.2, 0.25) is 0 Å². The maximum Gasteiger partial charge on any atom is 0.133 e. The Morgan fingerprint density at radius 2 is 1.94 bits per heavy atom. The normalized spacial score (nSPS) is 10.4. The maximum atomic E-state index is 13.6. The molecule has 2 aromatic rings. The summed E-state index contributed by atoms with van der Waals surface area (Å²) < 4.78 is 27.0. The van der Waals surface area contributed by atoms with Gasteiger partial charge in [0.1, 0.15) is 11.6 Å². The lowest BCUT2D eigenvalue weighted by Gasteiger charge is -2.07. The van der Waals surface area contributed by atoms with Crippen molar-refractivity contribution in [2.24, 2.45) is 0 Å². The van der Waals surface area contributed by atoms with Gasteiger partial charge in [0.25, 0.3) is 0 Å². The topological polar surface area (TPSA) is 38.9 Å². The zero-order valence-electron chi connectivity index (χ0n) is 8.67. The second-order valence-corrected chi connectivity index (χ2v) is 3.52. The van der Waals surface area contributed by atoms with Gasteiger partial charge in [-0.1, -0.05) is 0 Å². The molecule has 2 N–H and O–H groups in total. The van der Waals surface area contributed by atoms with E-state index in [-0.39, 0.29) is 16.8 Å². The second-order valence-electron chi connectivity index (χ2n) is 3.52. The van der Waals surface area contributed by atoms with E-state index >= 15 is 0 Å². The van der Waals surface area contributed by atoms with Gasteiger partial charge in [-0.15, -0.1) is 0 Å². The average Bonchev–Trinajstić information content (AvgIpc) is 2.25. The van der Waals surface area contributed by atoms with Crippen molar-refractivity contribution < 1.29 is 8.78 Å². The number of aryl methyl sites for hydroxylation is 1. The summed E-state index contributed by atoms with van der Waals surface area (Å²) in [5.74, 6) is -0.995. The molecule has 0 aliphatic rings. The van der Waals surface area contributed by atoms with Crippen molar-refractivity contribution in [1.29, 1.82) is 0 Å². The first-order chi connectivity index (χ1) is 7.59. The molecule has 4 heteroatoms. The van der Waals surface area contributed by atoms with Gasteiger partial charge in [-0.3, -0.25) is 4.98 Å². The summed E-state index contributed by atoms with van der Waals surface area (Å²) in [6.07, 6.45) is 1.49. The third-order valence-electron chi connectivity index (χ3n) is 2.34. The minimum atomic E-state index is -0.524. The molecule has 0 spiro atoms. The van der Waals surface area contributed by atoms with Crippen LogP contribution in [0.2, 0.25) is 0 Å². The molecule has 1 aromatic carbocycles. The molecular weight excluding hydrogens is 210 g/mol. The lowest BCUT2D eigenvalue weighted by atomic mass is 10.1. The Hall–Kier alpha value is -1.97. The number of hydrogen-bond donors (Lipinski definition) is 1. The first kappa shape index (κ1) is 10.5. The van der Waals surface area contributed by atoms with Crippen molar-refractivity contribution >= 4 is 5.69 Å². The van der Waals surface area contributed by atoms with Crippen molar-refractivity contribution in [1.82, 2.24) is 4.98 Å². The van der Waals surface area contributed by atoms with Gasteiger partial charge in [-0.05, 0) is 36.8 Å². The van der Waals surface area contributed by atoms with E-state index in [2.05, 4.69) is 4.98 Å². The number of nitrogens with zero attached hydrogens (tertiary/aromatic N) is 1. The lowest BCUT2D eigenvalue weighted by Crippen LogP contribution is -1.96. The first-order valence-corrected chi connectivity index (χ1v) is 4.76. The van der Waals surface area contributed by atoms with Crippen LogP contribution in [0.4, 0.5) is 14.5 Å². The Labute approximate surface area is 91.7 Å². The van der Waals surface area contributed by atoms with Crippen LogP contribution in [-0.2, 0) is 0 Å². The molecule has 2 nitrogen and oxygen atoms in total. The molecule has 0 saturated carbocycles. The van der Waals surface area contributed by atoms with Crippen LogP contribution in [0, 0.1) is 18.6 Å². The van der Waals surface area contributed by atoms with Crippen molar-refractivity contribution in [3.05, 3.63) is 47.7 Å². The molecular formula is C12H10F2N2. The van der Waals surface area contributed by atoms with Crippen molar-refractivity contribution in [2.45, 2.75) is 6.92 Å². The highest BCUT2D eigenvalue weighted by Gasteiger charge is 2.12. The SMILES string of the molecule is Cc1cc(F)c(-c2ncccc2N)cc1F. The first-order valence-electron chi connectivity index (χ1n) is 4.76. The number of nitrogens with two attached hydrogens (primary N) is 1. The molecule has 0 aliphatic heterocycles. The van der Waals surface area contributed by atoms with E-state index in [0.29, 0.717) is 5.69 Å². The predicted molar refractivity (Wildman–Crippen MR) is 58.7 cm³/mol. The van der Waals surface area contributed by atoms with E-state index in [1.54, 1.807) is 12.1 Å². The Bertz CT molecular complexity index is 539. The Morgan fingerprint density at radius 3 is 2.62 bits per heavy atom. The zero-order valence-corrected chi connectivity index (χ0v) is 8.67. The predicted octanol–water partition coefficient (Wildman–Crippen LogP) is 2.92. The van der Waals surface area contributed by atoms with E-state index in [0.717, 1.165) is 12.1 Å². The van der Waals surface area contributed by atoms with Gasteiger partial charge in [0.15, 0.2) is 0 Å². The number of anilines is 1. The van der Waals surface area contributed by atoms with Gasteiger partial charge in [-0.25, -0.2) is 8.78 Å². The highest BCUT2D eigenvalue weighted by Crippen LogP contribution is 2.27. The van der Waals surface area contributed by atoms with Crippen LogP contribution in [0.3, 0.4) is 0 Å². The molecule has 2 rings (SSSR count).